The molecular weight excluding hydrogens is 623 g/mol. The quantitative estimate of drug-likeness (QED) is 0.290. The molecule has 0 saturated heterocycles. The van der Waals surface area contributed by atoms with Crippen molar-refractivity contribution in [3.63, 3.8) is 0 Å². The first kappa shape index (κ1) is 29.0. The van der Waals surface area contributed by atoms with Gasteiger partial charge in [-0.05, 0) is 76.9 Å². The Hall–Kier alpha value is -1.58. The second kappa shape index (κ2) is 12.8. The Kier molecular flexibility index (Phi) is 10.3. The van der Waals surface area contributed by atoms with Crippen molar-refractivity contribution < 1.29 is 30.3 Å². The SMILES string of the molecule is CC(C)[C@H]1CC2CCC[C@H](C)C(O)C2C1O.CC(C)c1ccc2c(-c3[c-]cccc3)nccc2c1.[Ir]. The third-order valence-electron chi connectivity index (χ3n) is 8.44. The number of benzene rings is 2. The smallest absolute Gasteiger partial charge is 0.0626 e. The molecule has 1 aromatic heterocycles. The predicted molar refractivity (Wildman–Crippen MR) is 145 cm³/mol. The molecule has 2 aliphatic rings. The van der Waals surface area contributed by atoms with E-state index in [-0.39, 0.29) is 38.2 Å². The van der Waals surface area contributed by atoms with Crippen LogP contribution in [-0.4, -0.2) is 27.4 Å². The van der Waals surface area contributed by atoms with E-state index in [1.165, 1.54) is 29.2 Å². The number of fused-ring (bicyclic) bond motifs is 2. The zero-order valence-electron chi connectivity index (χ0n) is 22.3. The maximum Gasteiger partial charge on any atom is 0.0626 e. The van der Waals surface area contributed by atoms with Gasteiger partial charge in [-0.1, -0.05) is 59.2 Å². The molecule has 2 N–H and O–H groups in total. The number of aliphatic hydroxyl groups is 2. The first-order valence-electron chi connectivity index (χ1n) is 13.5. The van der Waals surface area contributed by atoms with Crippen LogP contribution in [0.2, 0.25) is 0 Å². The summed E-state index contributed by atoms with van der Waals surface area (Å²) in [6, 6.07) is 19.9. The Balaban J connectivity index is 0.000000198. The number of rotatable bonds is 3. The molecule has 0 amide bonds. The van der Waals surface area contributed by atoms with E-state index in [2.05, 4.69) is 76.0 Å². The topological polar surface area (TPSA) is 53.4 Å². The summed E-state index contributed by atoms with van der Waals surface area (Å²) in [5.74, 6) is 2.53. The summed E-state index contributed by atoms with van der Waals surface area (Å²) in [5, 5.41) is 23.2. The summed E-state index contributed by atoms with van der Waals surface area (Å²) in [5.41, 5.74) is 3.42. The minimum absolute atomic E-state index is 0. The van der Waals surface area contributed by atoms with Crippen molar-refractivity contribution in [2.75, 3.05) is 0 Å². The van der Waals surface area contributed by atoms with E-state index >= 15 is 0 Å². The van der Waals surface area contributed by atoms with Crippen LogP contribution in [0.25, 0.3) is 22.0 Å². The second-order valence-corrected chi connectivity index (χ2v) is 11.4. The fraction of sp³-hybridized carbons (Fsp3) is 0.531. The van der Waals surface area contributed by atoms with Gasteiger partial charge in [0.25, 0.3) is 0 Å². The van der Waals surface area contributed by atoms with Crippen molar-refractivity contribution >= 4 is 10.8 Å². The fourth-order valence-electron chi connectivity index (χ4n) is 6.23. The van der Waals surface area contributed by atoms with Crippen LogP contribution in [0.4, 0.5) is 0 Å². The zero-order chi connectivity index (χ0) is 25.1. The summed E-state index contributed by atoms with van der Waals surface area (Å²) in [4.78, 5) is 4.52. The van der Waals surface area contributed by atoms with Gasteiger partial charge < -0.3 is 15.2 Å². The number of aliphatic hydroxyl groups excluding tert-OH is 2. The summed E-state index contributed by atoms with van der Waals surface area (Å²) < 4.78 is 0. The largest absolute Gasteiger partial charge is 0.392 e. The van der Waals surface area contributed by atoms with Crippen LogP contribution in [0.15, 0.2) is 54.7 Å². The molecule has 0 aliphatic heterocycles. The van der Waals surface area contributed by atoms with Gasteiger partial charge in [-0.15, -0.1) is 35.9 Å². The van der Waals surface area contributed by atoms with Gasteiger partial charge >= 0.3 is 0 Å². The summed E-state index contributed by atoms with van der Waals surface area (Å²) >= 11 is 0. The van der Waals surface area contributed by atoms with Crippen LogP contribution < -0.4 is 0 Å². The maximum absolute atomic E-state index is 10.4. The molecule has 1 radical (unpaired) electrons. The molecule has 6 atom stereocenters. The number of hydrogen-bond donors (Lipinski definition) is 2. The van der Waals surface area contributed by atoms with Crippen molar-refractivity contribution in [2.45, 2.75) is 78.4 Å². The molecule has 4 unspecified atom stereocenters. The average molecular weight is 665 g/mol. The first-order valence-corrected chi connectivity index (χ1v) is 13.5. The molecule has 36 heavy (non-hydrogen) atoms. The van der Waals surface area contributed by atoms with E-state index in [9.17, 15) is 10.2 Å². The monoisotopic (exact) mass is 665 g/mol. The number of pyridine rings is 1. The Morgan fingerprint density at radius 2 is 1.75 bits per heavy atom. The van der Waals surface area contributed by atoms with Crippen LogP contribution in [0.3, 0.4) is 0 Å². The van der Waals surface area contributed by atoms with Gasteiger partial charge in [-0.2, -0.15) is 0 Å². The predicted octanol–water partition coefficient (Wildman–Crippen LogP) is 7.26. The Morgan fingerprint density at radius 3 is 2.42 bits per heavy atom. The van der Waals surface area contributed by atoms with E-state index in [4.69, 9.17) is 0 Å². The first-order chi connectivity index (χ1) is 16.8. The minimum atomic E-state index is -0.286. The van der Waals surface area contributed by atoms with Crippen LogP contribution in [0.5, 0.6) is 0 Å². The summed E-state index contributed by atoms with van der Waals surface area (Å²) in [6.07, 6.45) is 5.97. The molecule has 2 saturated carbocycles. The Labute approximate surface area is 231 Å². The second-order valence-electron chi connectivity index (χ2n) is 11.4. The van der Waals surface area contributed by atoms with Crippen LogP contribution in [0, 0.1) is 35.7 Å². The van der Waals surface area contributed by atoms with Crippen molar-refractivity contribution in [3.05, 3.63) is 66.4 Å². The van der Waals surface area contributed by atoms with Gasteiger partial charge in [-0.3, -0.25) is 0 Å². The normalized spacial score (nSPS) is 27.7. The molecule has 2 aromatic carbocycles. The van der Waals surface area contributed by atoms with Gasteiger partial charge in [-0.25, -0.2) is 0 Å². The summed E-state index contributed by atoms with van der Waals surface area (Å²) in [6.45, 7) is 10.9. The molecule has 2 aliphatic carbocycles. The van der Waals surface area contributed by atoms with E-state index in [1.807, 2.05) is 24.4 Å². The number of hydrogen-bond acceptors (Lipinski definition) is 3. The standard InChI is InChI=1S/C18H16N.C14H26O2.Ir/c1-13(2)15-8-9-17-16(12-15)10-11-19-18(17)14-6-4-3-5-7-14;1-8(2)11-7-10-6-4-5-9(3)13(15)12(10)14(11)16;/h3-6,8-13H,1-2H3;8-16H,4-7H2,1-3H3;/q-1;;/t;9-,10?,11+,12?,13?,14?;/m.0./s1. The van der Waals surface area contributed by atoms with Crippen LogP contribution >= 0.6 is 0 Å². The van der Waals surface area contributed by atoms with Gasteiger partial charge in [0.15, 0.2) is 0 Å². The molecule has 197 valence electrons. The Morgan fingerprint density at radius 1 is 0.972 bits per heavy atom. The maximum atomic E-state index is 10.4. The fourth-order valence-corrected chi connectivity index (χ4v) is 6.23. The molecule has 2 fully saturated rings. The zero-order valence-corrected chi connectivity index (χ0v) is 24.7. The summed E-state index contributed by atoms with van der Waals surface area (Å²) in [7, 11) is 0. The van der Waals surface area contributed by atoms with Gasteiger partial charge in [0, 0.05) is 32.2 Å². The molecule has 3 aromatic rings. The molecular formula is C32H42IrNO2-. The van der Waals surface area contributed by atoms with Gasteiger partial charge in [0.05, 0.1) is 12.2 Å². The van der Waals surface area contributed by atoms with Crippen molar-refractivity contribution in [2.24, 2.45) is 29.6 Å². The van der Waals surface area contributed by atoms with Gasteiger partial charge in [0.1, 0.15) is 0 Å². The third kappa shape index (κ3) is 6.27. The molecule has 5 rings (SSSR count). The molecule has 0 spiro atoms. The molecule has 3 nitrogen and oxygen atoms in total. The molecule has 0 bridgehead atoms. The number of nitrogens with zero attached hydrogens (tertiary/aromatic N) is 1. The Bertz CT molecular complexity index is 1100. The average Bonchev–Trinajstić information content (AvgIpc) is 3.12. The minimum Gasteiger partial charge on any atom is -0.392 e. The third-order valence-corrected chi connectivity index (χ3v) is 8.44. The van der Waals surface area contributed by atoms with Gasteiger partial charge in [0.2, 0.25) is 0 Å². The van der Waals surface area contributed by atoms with E-state index in [0.29, 0.717) is 29.6 Å². The van der Waals surface area contributed by atoms with Crippen molar-refractivity contribution in [1.82, 2.24) is 4.98 Å². The van der Waals surface area contributed by atoms with Crippen molar-refractivity contribution in [3.8, 4) is 11.3 Å². The van der Waals surface area contributed by atoms with Crippen molar-refractivity contribution in [1.29, 1.82) is 0 Å². The van der Waals surface area contributed by atoms with E-state index in [1.54, 1.807) is 0 Å². The number of aromatic nitrogens is 1. The van der Waals surface area contributed by atoms with Crippen LogP contribution in [-0.2, 0) is 20.1 Å². The van der Waals surface area contributed by atoms with Crippen LogP contribution in [0.1, 0.15) is 71.8 Å². The molecule has 1 heterocycles. The van der Waals surface area contributed by atoms with E-state index < -0.39 is 0 Å². The molecule has 4 heteroatoms. The van der Waals surface area contributed by atoms with E-state index in [0.717, 1.165) is 24.1 Å².